The third kappa shape index (κ3) is 6.44. The first kappa shape index (κ1) is 18.8. The van der Waals surface area contributed by atoms with Crippen LogP contribution in [0.15, 0.2) is 22.5 Å². The summed E-state index contributed by atoms with van der Waals surface area (Å²) in [7, 11) is 0. The number of unbranched alkanes of at least 4 members (excludes halogenated alkanes) is 9. The molecule has 0 radical (unpaired) electrons. The molecule has 0 fully saturated rings. The molecule has 4 heteroatoms. The Balaban J connectivity index is 1.62. The summed E-state index contributed by atoms with van der Waals surface area (Å²) in [6.07, 6.45) is 15.0. The van der Waals surface area contributed by atoms with Crippen LogP contribution in [0, 0.1) is 0 Å². The molecule has 2 nitrogen and oxygen atoms in total. The molecule has 0 atom stereocenters. The van der Waals surface area contributed by atoms with E-state index in [0.717, 1.165) is 10.8 Å². The van der Waals surface area contributed by atoms with Gasteiger partial charge in [-0.1, -0.05) is 76.8 Å². The molecule has 1 aromatic heterocycles. The summed E-state index contributed by atoms with van der Waals surface area (Å²) in [6.45, 7) is 2.28. The van der Waals surface area contributed by atoms with E-state index in [4.69, 9.17) is 5.14 Å². The molecule has 0 amide bonds. The standard InChI is InChI=1S/C19H30N2S2/c1-2-3-4-5-6-7-8-9-10-11-13-16-14-12-15-17-18(16)21-19(22-17)23-20/h12,14-15H,2-11,13,20H2,1H3. The van der Waals surface area contributed by atoms with Crippen LogP contribution in [0.25, 0.3) is 10.2 Å². The lowest BCUT2D eigenvalue weighted by molar-refractivity contribution is 0.556. The number of aromatic nitrogens is 1. The molecule has 2 rings (SSSR count). The van der Waals surface area contributed by atoms with Gasteiger partial charge >= 0.3 is 0 Å². The van der Waals surface area contributed by atoms with E-state index >= 15 is 0 Å². The van der Waals surface area contributed by atoms with Crippen LogP contribution in [0.3, 0.4) is 0 Å². The van der Waals surface area contributed by atoms with Crippen LogP contribution in [0.4, 0.5) is 0 Å². The van der Waals surface area contributed by atoms with E-state index in [9.17, 15) is 0 Å². The molecule has 2 N–H and O–H groups in total. The van der Waals surface area contributed by atoms with Crippen molar-refractivity contribution in [2.75, 3.05) is 0 Å². The number of nitrogens with two attached hydrogens (primary N) is 1. The molecule has 0 unspecified atom stereocenters. The van der Waals surface area contributed by atoms with Crippen LogP contribution in [0.1, 0.15) is 76.7 Å². The second kappa shape index (κ2) is 11.1. The van der Waals surface area contributed by atoms with Gasteiger partial charge in [-0.3, -0.25) is 5.14 Å². The summed E-state index contributed by atoms with van der Waals surface area (Å²) < 4.78 is 2.23. The van der Waals surface area contributed by atoms with Crippen molar-refractivity contribution in [2.24, 2.45) is 5.14 Å². The number of benzene rings is 1. The van der Waals surface area contributed by atoms with Crippen molar-refractivity contribution >= 4 is 33.5 Å². The second-order valence-electron chi connectivity index (χ2n) is 6.29. The number of fused-ring (bicyclic) bond motifs is 1. The first-order valence-corrected chi connectivity index (χ1v) is 10.8. The van der Waals surface area contributed by atoms with Crippen molar-refractivity contribution in [3.63, 3.8) is 0 Å². The largest absolute Gasteiger partial charge is 0.272 e. The van der Waals surface area contributed by atoms with Gasteiger partial charge in [0.1, 0.15) is 0 Å². The molecule has 1 aromatic carbocycles. The van der Waals surface area contributed by atoms with Gasteiger partial charge in [-0.05, 0) is 36.4 Å². The SMILES string of the molecule is CCCCCCCCCCCCc1cccc2sc(SN)nc12. The predicted octanol–water partition coefficient (Wildman–Crippen LogP) is 6.73. The molecule has 0 aliphatic rings. The molecule has 2 aromatic rings. The van der Waals surface area contributed by atoms with Gasteiger partial charge in [0.25, 0.3) is 0 Å². The molecular weight excluding hydrogens is 320 g/mol. The van der Waals surface area contributed by atoms with Gasteiger partial charge in [-0.25, -0.2) is 4.98 Å². The van der Waals surface area contributed by atoms with Crippen molar-refractivity contribution in [1.29, 1.82) is 0 Å². The smallest absolute Gasteiger partial charge is 0.165 e. The lowest BCUT2D eigenvalue weighted by Gasteiger charge is -2.04. The highest BCUT2D eigenvalue weighted by molar-refractivity contribution is 7.99. The second-order valence-corrected chi connectivity index (χ2v) is 8.20. The summed E-state index contributed by atoms with van der Waals surface area (Å²) in [4.78, 5) is 4.65. The maximum atomic E-state index is 5.63. The number of thiazole rings is 1. The van der Waals surface area contributed by atoms with Crippen LogP contribution in [-0.2, 0) is 6.42 Å². The Hall–Kier alpha value is -0.580. The summed E-state index contributed by atoms with van der Waals surface area (Å²) in [5.74, 6) is 0. The topological polar surface area (TPSA) is 38.9 Å². The van der Waals surface area contributed by atoms with Gasteiger partial charge in [-0.2, -0.15) is 0 Å². The average molecular weight is 351 g/mol. The van der Waals surface area contributed by atoms with E-state index in [2.05, 4.69) is 30.1 Å². The number of hydrogen-bond acceptors (Lipinski definition) is 4. The first-order chi connectivity index (χ1) is 11.3. The Labute approximate surface area is 149 Å². The van der Waals surface area contributed by atoms with Crippen LogP contribution in [-0.4, -0.2) is 4.98 Å². The number of hydrogen-bond donors (Lipinski definition) is 1. The van der Waals surface area contributed by atoms with E-state index in [1.807, 2.05) is 0 Å². The first-order valence-electron chi connectivity index (χ1n) is 9.10. The molecule has 0 saturated carbocycles. The molecule has 0 spiro atoms. The van der Waals surface area contributed by atoms with E-state index in [0.29, 0.717) is 0 Å². The Morgan fingerprint density at radius 2 is 1.61 bits per heavy atom. The molecule has 0 aliphatic heterocycles. The molecule has 0 saturated heterocycles. The van der Waals surface area contributed by atoms with Crippen molar-refractivity contribution in [1.82, 2.24) is 4.98 Å². The van der Waals surface area contributed by atoms with Crippen molar-refractivity contribution in [3.05, 3.63) is 23.8 Å². The van der Waals surface area contributed by atoms with Crippen LogP contribution < -0.4 is 5.14 Å². The fourth-order valence-electron chi connectivity index (χ4n) is 3.04. The number of aryl methyl sites for hydroxylation is 1. The van der Waals surface area contributed by atoms with E-state index < -0.39 is 0 Å². The summed E-state index contributed by atoms with van der Waals surface area (Å²) in [6, 6.07) is 6.52. The minimum atomic E-state index is 0.968. The molecule has 0 bridgehead atoms. The van der Waals surface area contributed by atoms with E-state index in [1.165, 1.54) is 91.9 Å². The highest BCUT2D eigenvalue weighted by Gasteiger charge is 2.07. The molecule has 1 heterocycles. The van der Waals surface area contributed by atoms with Gasteiger partial charge < -0.3 is 0 Å². The zero-order chi connectivity index (χ0) is 16.3. The lowest BCUT2D eigenvalue weighted by Crippen LogP contribution is -1.88. The maximum absolute atomic E-state index is 5.63. The van der Waals surface area contributed by atoms with Crippen molar-refractivity contribution in [3.8, 4) is 0 Å². The van der Waals surface area contributed by atoms with Gasteiger partial charge in [0.05, 0.1) is 10.2 Å². The zero-order valence-corrected chi connectivity index (χ0v) is 16.0. The summed E-state index contributed by atoms with van der Waals surface area (Å²) in [5.41, 5.74) is 2.56. The lowest BCUT2D eigenvalue weighted by atomic mass is 10.0. The zero-order valence-electron chi connectivity index (χ0n) is 14.4. The molecular formula is C19H30N2S2. The fraction of sp³-hybridized carbons (Fsp3) is 0.632. The number of para-hydroxylation sites is 1. The Morgan fingerprint density at radius 1 is 0.957 bits per heavy atom. The molecule has 23 heavy (non-hydrogen) atoms. The van der Waals surface area contributed by atoms with Crippen LogP contribution >= 0.6 is 23.3 Å². The minimum Gasteiger partial charge on any atom is -0.272 e. The van der Waals surface area contributed by atoms with Gasteiger partial charge in [0.15, 0.2) is 4.34 Å². The Bertz CT molecular complexity index is 565. The number of nitrogens with zero attached hydrogens (tertiary/aromatic N) is 1. The molecule has 128 valence electrons. The summed E-state index contributed by atoms with van der Waals surface area (Å²) >= 11 is 2.95. The summed E-state index contributed by atoms with van der Waals surface area (Å²) in [5, 5.41) is 5.63. The normalized spacial score (nSPS) is 11.4. The molecule has 0 aliphatic carbocycles. The van der Waals surface area contributed by atoms with E-state index in [1.54, 1.807) is 11.3 Å². The maximum Gasteiger partial charge on any atom is 0.165 e. The monoisotopic (exact) mass is 350 g/mol. The van der Waals surface area contributed by atoms with Crippen molar-refractivity contribution in [2.45, 2.75) is 81.9 Å². The van der Waals surface area contributed by atoms with Crippen LogP contribution in [0.5, 0.6) is 0 Å². The van der Waals surface area contributed by atoms with Crippen LogP contribution in [0.2, 0.25) is 0 Å². The third-order valence-electron chi connectivity index (χ3n) is 4.38. The fourth-order valence-corrected chi connectivity index (χ4v) is 4.39. The number of rotatable bonds is 12. The van der Waals surface area contributed by atoms with Gasteiger partial charge in [-0.15, -0.1) is 11.3 Å². The highest BCUT2D eigenvalue weighted by atomic mass is 32.2. The average Bonchev–Trinajstić information content (AvgIpc) is 3.00. The highest BCUT2D eigenvalue weighted by Crippen LogP contribution is 2.29. The quantitative estimate of drug-likeness (QED) is 0.341. The van der Waals surface area contributed by atoms with Gasteiger partial charge in [0, 0.05) is 0 Å². The van der Waals surface area contributed by atoms with Gasteiger partial charge in [0.2, 0.25) is 0 Å². The predicted molar refractivity (Wildman–Crippen MR) is 105 cm³/mol. The minimum absolute atomic E-state index is 0.968. The van der Waals surface area contributed by atoms with Crippen molar-refractivity contribution < 1.29 is 0 Å². The Kier molecular flexibility index (Phi) is 9.02. The Morgan fingerprint density at radius 3 is 2.26 bits per heavy atom. The third-order valence-corrected chi connectivity index (χ3v) is 6.03. The van der Waals surface area contributed by atoms with E-state index in [-0.39, 0.29) is 0 Å².